The fourth-order valence-corrected chi connectivity index (χ4v) is 4.38. The van der Waals surface area contributed by atoms with Gasteiger partial charge in [0.1, 0.15) is 0 Å². The molecule has 1 aromatic rings. The molecule has 2 saturated carbocycles. The Labute approximate surface area is 132 Å². The molecule has 0 bridgehead atoms. The van der Waals surface area contributed by atoms with Gasteiger partial charge >= 0.3 is 0 Å². The zero-order valence-electron chi connectivity index (χ0n) is 14.1. The van der Waals surface area contributed by atoms with E-state index in [1.54, 1.807) is 4.68 Å². The maximum atomic E-state index is 12.8. The molecule has 0 unspecified atom stereocenters. The molecular weight excluding hydrogens is 278 g/mol. The molecule has 0 saturated heterocycles. The molecule has 1 amide bonds. The first-order chi connectivity index (χ1) is 10.5. The van der Waals surface area contributed by atoms with Crippen molar-refractivity contribution in [3.05, 3.63) is 17.5 Å². The molecule has 2 aliphatic carbocycles. The van der Waals surface area contributed by atoms with Gasteiger partial charge in [0.05, 0.1) is 6.10 Å². The lowest BCUT2D eigenvalue weighted by atomic mass is 9.60. The molecule has 5 heteroatoms. The molecule has 1 aromatic heterocycles. The number of aryl methyl sites for hydroxylation is 2. The summed E-state index contributed by atoms with van der Waals surface area (Å²) in [5, 5.41) is 4.34. The standard InChI is InChI=1S/C17H27N3O2/c1-5-22-15-11-14(17(15)8-6-7-9-17)19(3)16(21)13-10-12(2)20(4)18-13/h10,14-15H,5-9,11H2,1-4H3/t14-,15+/m0/s1. The Morgan fingerprint density at radius 1 is 1.50 bits per heavy atom. The summed E-state index contributed by atoms with van der Waals surface area (Å²) in [5.41, 5.74) is 1.74. The minimum absolute atomic E-state index is 0.0370. The average molecular weight is 305 g/mol. The van der Waals surface area contributed by atoms with Crippen LogP contribution in [0.25, 0.3) is 0 Å². The van der Waals surface area contributed by atoms with Crippen molar-refractivity contribution in [2.75, 3.05) is 13.7 Å². The van der Waals surface area contributed by atoms with Crippen LogP contribution >= 0.6 is 0 Å². The zero-order valence-corrected chi connectivity index (χ0v) is 14.1. The maximum Gasteiger partial charge on any atom is 0.274 e. The summed E-state index contributed by atoms with van der Waals surface area (Å²) in [7, 11) is 3.80. The van der Waals surface area contributed by atoms with Crippen LogP contribution in [0.4, 0.5) is 0 Å². The van der Waals surface area contributed by atoms with Gasteiger partial charge in [-0.05, 0) is 39.2 Å². The number of hydrogen-bond donors (Lipinski definition) is 0. The molecular formula is C17H27N3O2. The second-order valence-corrected chi connectivity index (χ2v) is 6.85. The van der Waals surface area contributed by atoms with Crippen molar-refractivity contribution in [1.82, 2.24) is 14.7 Å². The van der Waals surface area contributed by atoms with E-state index >= 15 is 0 Å². The summed E-state index contributed by atoms with van der Waals surface area (Å²) < 4.78 is 7.71. The number of carbonyl (C=O) groups excluding carboxylic acids is 1. The van der Waals surface area contributed by atoms with Gasteiger partial charge in [-0.1, -0.05) is 12.8 Å². The second kappa shape index (κ2) is 5.69. The van der Waals surface area contributed by atoms with E-state index in [1.807, 2.05) is 32.0 Å². The zero-order chi connectivity index (χ0) is 15.9. The molecule has 0 N–H and O–H groups in total. The molecule has 1 spiro atoms. The van der Waals surface area contributed by atoms with Gasteiger partial charge in [-0.15, -0.1) is 0 Å². The number of ether oxygens (including phenoxy) is 1. The quantitative estimate of drug-likeness (QED) is 0.859. The Kier molecular flexibility index (Phi) is 4.02. The molecule has 1 heterocycles. The highest BCUT2D eigenvalue weighted by Gasteiger charge is 2.58. The van der Waals surface area contributed by atoms with Crippen molar-refractivity contribution in [3.8, 4) is 0 Å². The molecule has 0 aliphatic heterocycles. The van der Waals surface area contributed by atoms with Crippen LogP contribution in [0, 0.1) is 12.3 Å². The van der Waals surface area contributed by atoms with Crippen LogP contribution in [-0.4, -0.2) is 46.4 Å². The summed E-state index contributed by atoms with van der Waals surface area (Å²) >= 11 is 0. The molecule has 2 fully saturated rings. The lowest BCUT2D eigenvalue weighted by Crippen LogP contribution is -2.64. The van der Waals surface area contributed by atoms with E-state index in [9.17, 15) is 4.79 Å². The molecule has 3 rings (SSSR count). The molecule has 5 nitrogen and oxygen atoms in total. The Hall–Kier alpha value is -1.36. The molecule has 22 heavy (non-hydrogen) atoms. The summed E-state index contributed by atoms with van der Waals surface area (Å²) in [5.74, 6) is 0.0370. The Bertz CT molecular complexity index is 541. The topological polar surface area (TPSA) is 47.4 Å². The van der Waals surface area contributed by atoms with Gasteiger partial charge in [0.15, 0.2) is 5.69 Å². The SMILES string of the molecule is CCO[C@@H]1C[C@H](N(C)C(=O)c2cc(C)n(C)n2)C12CCCC2. The minimum Gasteiger partial charge on any atom is -0.378 e. The van der Waals surface area contributed by atoms with Gasteiger partial charge in [-0.25, -0.2) is 0 Å². The third kappa shape index (κ3) is 2.26. The summed E-state index contributed by atoms with van der Waals surface area (Å²) in [6.45, 7) is 4.79. The molecule has 0 radical (unpaired) electrons. The molecule has 2 aliphatic rings. The van der Waals surface area contributed by atoms with Crippen LogP contribution in [0.2, 0.25) is 0 Å². The van der Waals surface area contributed by atoms with Gasteiger partial charge in [0.25, 0.3) is 5.91 Å². The number of amides is 1. The fourth-order valence-electron chi connectivity index (χ4n) is 4.38. The Morgan fingerprint density at radius 2 is 2.18 bits per heavy atom. The van der Waals surface area contributed by atoms with E-state index in [2.05, 4.69) is 12.0 Å². The van der Waals surface area contributed by atoms with Crippen LogP contribution in [0.1, 0.15) is 55.2 Å². The Balaban J connectivity index is 1.77. The third-order valence-electron chi connectivity index (χ3n) is 5.77. The van der Waals surface area contributed by atoms with E-state index in [-0.39, 0.29) is 11.3 Å². The lowest BCUT2D eigenvalue weighted by Gasteiger charge is -2.56. The second-order valence-electron chi connectivity index (χ2n) is 6.85. The van der Waals surface area contributed by atoms with Crippen LogP contribution < -0.4 is 0 Å². The van der Waals surface area contributed by atoms with Crippen LogP contribution in [0.5, 0.6) is 0 Å². The molecule has 122 valence electrons. The van der Waals surface area contributed by atoms with Crippen molar-refractivity contribution < 1.29 is 9.53 Å². The summed E-state index contributed by atoms with van der Waals surface area (Å²) in [6.07, 6.45) is 6.16. The summed E-state index contributed by atoms with van der Waals surface area (Å²) in [4.78, 5) is 14.7. The number of hydrogen-bond acceptors (Lipinski definition) is 3. The van der Waals surface area contributed by atoms with E-state index in [0.29, 0.717) is 17.8 Å². The van der Waals surface area contributed by atoms with Crippen molar-refractivity contribution >= 4 is 5.91 Å². The highest BCUT2D eigenvalue weighted by molar-refractivity contribution is 5.92. The van der Waals surface area contributed by atoms with Gasteiger partial charge in [0.2, 0.25) is 0 Å². The van der Waals surface area contributed by atoms with Gasteiger partial charge < -0.3 is 9.64 Å². The number of carbonyl (C=O) groups is 1. The minimum atomic E-state index is 0.0370. The van der Waals surface area contributed by atoms with Crippen molar-refractivity contribution in [3.63, 3.8) is 0 Å². The normalized spacial score (nSPS) is 26.2. The average Bonchev–Trinajstić information content (AvgIpc) is 3.11. The first kappa shape index (κ1) is 15.5. The van der Waals surface area contributed by atoms with Crippen LogP contribution in [0.3, 0.4) is 0 Å². The Morgan fingerprint density at radius 3 is 2.73 bits per heavy atom. The van der Waals surface area contributed by atoms with Gasteiger partial charge in [0, 0.05) is 37.9 Å². The van der Waals surface area contributed by atoms with Crippen molar-refractivity contribution in [1.29, 1.82) is 0 Å². The van der Waals surface area contributed by atoms with E-state index < -0.39 is 0 Å². The van der Waals surface area contributed by atoms with Crippen LogP contribution in [0.15, 0.2) is 6.07 Å². The van der Waals surface area contributed by atoms with Gasteiger partial charge in [-0.3, -0.25) is 9.48 Å². The summed E-state index contributed by atoms with van der Waals surface area (Å²) in [6, 6.07) is 2.17. The van der Waals surface area contributed by atoms with E-state index in [0.717, 1.165) is 18.7 Å². The predicted octanol–water partition coefficient (Wildman–Crippen LogP) is 2.54. The monoisotopic (exact) mass is 305 g/mol. The number of aromatic nitrogens is 2. The highest BCUT2D eigenvalue weighted by Crippen LogP contribution is 2.56. The first-order valence-electron chi connectivity index (χ1n) is 8.39. The van der Waals surface area contributed by atoms with E-state index in [1.165, 1.54) is 25.7 Å². The predicted molar refractivity (Wildman–Crippen MR) is 84.8 cm³/mol. The fraction of sp³-hybridized carbons (Fsp3) is 0.765. The lowest BCUT2D eigenvalue weighted by molar-refractivity contribution is -0.152. The highest BCUT2D eigenvalue weighted by atomic mass is 16.5. The first-order valence-corrected chi connectivity index (χ1v) is 8.39. The van der Waals surface area contributed by atoms with Gasteiger partial charge in [-0.2, -0.15) is 5.10 Å². The molecule has 0 aromatic carbocycles. The molecule has 2 atom stereocenters. The number of rotatable bonds is 4. The van der Waals surface area contributed by atoms with E-state index in [4.69, 9.17) is 4.74 Å². The van der Waals surface area contributed by atoms with Crippen LogP contribution in [-0.2, 0) is 11.8 Å². The van der Waals surface area contributed by atoms with Crippen molar-refractivity contribution in [2.24, 2.45) is 12.5 Å². The smallest absolute Gasteiger partial charge is 0.274 e. The number of nitrogens with zero attached hydrogens (tertiary/aromatic N) is 3. The largest absolute Gasteiger partial charge is 0.378 e. The maximum absolute atomic E-state index is 12.8. The third-order valence-corrected chi connectivity index (χ3v) is 5.77. The van der Waals surface area contributed by atoms with Crippen molar-refractivity contribution in [2.45, 2.75) is 58.1 Å².